The SMILES string of the molecule is C=CC[C@@H](c1cc(Br)c(O)c(OC)c1)N1CCNCC1.Cl.Cl. The highest BCUT2D eigenvalue weighted by molar-refractivity contribution is 9.10. The summed E-state index contributed by atoms with van der Waals surface area (Å²) < 4.78 is 5.91. The molecule has 1 aliphatic rings. The molecule has 0 unspecified atom stereocenters. The molecule has 0 aliphatic carbocycles. The quantitative estimate of drug-likeness (QED) is 0.724. The molecule has 1 saturated heterocycles. The summed E-state index contributed by atoms with van der Waals surface area (Å²) >= 11 is 3.39. The van der Waals surface area contributed by atoms with Crippen molar-refractivity contribution in [1.82, 2.24) is 10.2 Å². The first-order chi connectivity index (χ1) is 9.67. The van der Waals surface area contributed by atoms with E-state index in [2.05, 4.69) is 32.7 Å². The van der Waals surface area contributed by atoms with E-state index in [9.17, 15) is 5.11 Å². The van der Waals surface area contributed by atoms with E-state index < -0.39 is 0 Å². The largest absolute Gasteiger partial charge is 0.503 e. The molecule has 4 nitrogen and oxygen atoms in total. The fourth-order valence-corrected chi connectivity index (χ4v) is 3.05. The Kier molecular flexibility index (Phi) is 10.1. The molecule has 1 atom stereocenters. The monoisotopic (exact) mass is 412 g/mol. The van der Waals surface area contributed by atoms with E-state index in [1.54, 1.807) is 7.11 Å². The normalized spacial score (nSPS) is 16.1. The van der Waals surface area contributed by atoms with Crippen molar-refractivity contribution in [2.75, 3.05) is 33.3 Å². The summed E-state index contributed by atoms with van der Waals surface area (Å²) in [6.07, 6.45) is 2.82. The number of hydrogen-bond acceptors (Lipinski definition) is 4. The predicted molar refractivity (Wildman–Crippen MR) is 98.9 cm³/mol. The summed E-state index contributed by atoms with van der Waals surface area (Å²) in [5.74, 6) is 0.646. The van der Waals surface area contributed by atoms with Crippen molar-refractivity contribution in [3.63, 3.8) is 0 Å². The number of phenols is 1. The summed E-state index contributed by atoms with van der Waals surface area (Å²) in [7, 11) is 1.57. The van der Waals surface area contributed by atoms with Crippen LogP contribution in [0, 0.1) is 0 Å². The van der Waals surface area contributed by atoms with Crippen molar-refractivity contribution in [3.05, 3.63) is 34.8 Å². The number of phenolic OH excluding ortho intramolecular Hbond substituents is 1. The zero-order valence-corrected chi connectivity index (χ0v) is 15.8. The zero-order valence-electron chi connectivity index (χ0n) is 12.5. The van der Waals surface area contributed by atoms with E-state index in [1.807, 2.05) is 18.2 Å². The van der Waals surface area contributed by atoms with Crippen molar-refractivity contribution in [3.8, 4) is 11.5 Å². The lowest BCUT2D eigenvalue weighted by Crippen LogP contribution is -2.45. The number of piperazine rings is 1. The Morgan fingerprint density at radius 2 is 2.05 bits per heavy atom. The zero-order chi connectivity index (χ0) is 14.5. The molecule has 1 fully saturated rings. The van der Waals surface area contributed by atoms with Gasteiger partial charge in [-0.15, -0.1) is 31.4 Å². The highest BCUT2D eigenvalue weighted by atomic mass is 79.9. The Balaban J connectivity index is 0.00000220. The Labute approximate surface area is 152 Å². The lowest BCUT2D eigenvalue weighted by molar-refractivity contribution is 0.174. The summed E-state index contributed by atoms with van der Waals surface area (Å²) in [6, 6.07) is 4.14. The van der Waals surface area contributed by atoms with Crippen LogP contribution in [0.5, 0.6) is 11.5 Å². The molecule has 1 aliphatic heterocycles. The van der Waals surface area contributed by atoms with E-state index in [1.165, 1.54) is 0 Å². The van der Waals surface area contributed by atoms with Crippen LogP contribution in [0.15, 0.2) is 29.3 Å². The van der Waals surface area contributed by atoms with Gasteiger partial charge >= 0.3 is 0 Å². The van der Waals surface area contributed by atoms with Gasteiger partial charge in [0.25, 0.3) is 0 Å². The fourth-order valence-electron chi connectivity index (χ4n) is 2.59. The van der Waals surface area contributed by atoms with Gasteiger partial charge in [0.15, 0.2) is 11.5 Å². The Bertz CT molecular complexity index is 483. The van der Waals surface area contributed by atoms with E-state index in [0.29, 0.717) is 10.2 Å². The van der Waals surface area contributed by atoms with Crippen molar-refractivity contribution in [1.29, 1.82) is 0 Å². The summed E-state index contributed by atoms with van der Waals surface area (Å²) in [5.41, 5.74) is 1.13. The van der Waals surface area contributed by atoms with Crippen molar-refractivity contribution >= 4 is 40.7 Å². The third kappa shape index (κ3) is 5.03. The van der Waals surface area contributed by atoms with Crippen molar-refractivity contribution in [2.24, 2.45) is 0 Å². The van der Waals surface area contributed by atoms with Crippen LogP contribution in [0.4, 0.5) is 0 Å². The lowest BCUT2D eigenvalue weighted by Gasteiger charge is -2.35. The number of ether oxygens (including phenoxy) is 1. The number of hydrogen-bond donors (Lipinski definition) is 2. The number of rotatable bonds is 5. The van der Waals surface area contributed by atoms with E-state index in [-0.39, 0.29) is 36.6 Å². The van der Waals surface area contributed by atoms with E-state index in [4.69, 9.17) is 4.74 Å². The van der Waals surface area contributed by atoms with Crippen LogP contribution in [0.2, 0.25) is 0 Å². The molecule has 1 aromatic rings. The Morgan fingerprint density at radius 1 is 1.41 bits per heavy atom. The molecule has 0 bridgehead atoms. The molecule has 0 aromatic heterocycles. The van der Waals surface area contributed by atoms with Gasteiger partial charge in [-0.3, -0.25) is 4.90 Å². The van der Waals surface area contributed by atoms with Crippen molar-refractivity contribution < 1.29 is 9.84 Å². The van der Waals surface area contributed by atoms with Gasteiger partial charge in [0, 0.05) is 32.2 Å². The molecule has 1 heterocycles. The molecule has 0 radical (unpaired) electrons. The maximum absolute atomic E-state index is 9.93. The second-order valence-corrected chi connectivity index (χ2v) is 5.73. The van der Waals surface area contributed by atoms with Crippen LogP contribution < -0.4 is 10.1 Å². The molecule has 2 rings (SSSR count). The van der Waals surface area contributed by atoms with E-state index >= 15 is 0 Å². The average Bonchev–Trinajstić information content (AvgIpc) is 2.48. The van der Waals surface area contributed by atoms with Gasteiger partial charge in [-0.05, 0) is 40.0 Å². The van der Waals surface area contributed by atoms with Gasteiger partial charge in [-0.1, -0.05) is 6.08 Å². The number of benzene rings is 1. The van der Waals surface area contributed by atoms with E-state index in [0.717, 1.165) is 38.2 Å². The minimum absolute atomic E-state index is 0. The molecule has 126 valence electrons. The standard InChI is InChI=1S/C15H21BrN2O2.2ClH/c1-3-4-13(18-7-5-17-6-8-18)11-9-12(16)15(19)14(10-11)20-2;;/h3,9-10,13,17,19H,1,4-8H2,2H3;2*1H/t13-;;/m0../s1. The first kappa shape index (κ1) is 21.5. The average molecular weight is 414 g/mol. The molecule has 0 spiro atoms. The second-order valence-electron chi connectivity index (χ2n) is 4.88. The van der Waals surface area contributed by atoms with Crippen LogP contribution in [-0.4, -0.2) is 43.3 Å². The molecule has 0 saturated carbocycles. The number of halogens is 3. The molecule has 1 aromatic carbocycles. The minimum atomic E-state index is 0. The molecule has 2 N–H and O–H groups in total. The molecule has 7 heteroatoms. The highest BCUT2D eigenvalue weighted by Crippen LogP contribution is 2.38. The van der Waals surface area contributed by atoms with Gasteiger partial charge < -0.3 is 15.2 Å². The number of methoxy groups -OCH3 is 1. The third-order valence-electron chi connectivity index (χ3n) is 3.64. The summed E-state index contributed by atoms with van der Waals surface area (Å²) in [5, 5.41) is 13.3. The maximum atomic E-state index is 9.93. The lowest BCUT2D eigenvalue weighted by atomic mass is 10.0. The van der Waals surface area contributed by atoms with Gasteiger partial charge in [-0.2, -0.15) is 0 Å². The predicted octanol–water partition coefficient (Wildman–Crippen LogP) is 3.53. The van der Waals surface area contributed by atoms with Crippen LogP contribution in [0.1, 0.15) is 18.0 Å². The van der Waals surface area contributed by atoms with Crippen LogP contribution >= 0.6 is 40.7 Å². The third-order valence-corrected chi connectivity index (χ3v) is 4.24. The number of nitrogens with one attached hydrogen (secondary N) is 1. The van der Waals surface area contributed by atoms with Crippen LogP contribution in [0.3, 0.4) is 0 Å². The van der Waals surface area contributed by atoms with Gasteiger partial charge in [0.1, 0.15) is 0 Å². The van der Waals surface area contributed by atoms with Crippen LogP contribution in [-0.2, 0) is 0 Å². The Hall–Kier alpha value is -0.460. The molecule has 22 heavy (non-hydrogen) atoms. The molecule has 0 amide bonds. The van der Waals surface area contributed by atoms with Crippen LogP contribution in [0.25, 0.3) is 0 Å². The van der Waals surface area contributed by atoms with Gasteiger partial charge in [0.05, 0.1) is 11.6 Å². The number of aromatic hydroxyl groups is 1. The first-order valence-corrected chi connectivity index (χ1v) is 7.58. The van der Waals surface area contributed by atoms with Crippen molar-refractivity contribution in [2.45, 2.75) is 12.5 Å². The topological polar surface area (TPSA) is 44.7 Å². The fraction of sp³-hybridized carbons (Fsp3) is 0.467. The smallest absolute Gasteiger partial charge is 0.172 e. The first-order valence-electron chi connectivity index (χ1n) is 6.79. The van der Waals surface area contributed by atoms with Gasteiger partial charge in [0.2, 0.25) is 0 Å². The maximum Gasteiger partial charge on any atom is 0.172 e. The molecular formula is C15H23BrCl2N2O2. The highest BCUT2D eigenvalue weighted by Gasteiger charge is 2.23. The summed E-state index contributed by atoms with van der Waals surface area (Å²) in [6.45, 7) is 7.90. The summed E-state index contributed by atoms with van der Waals surface area (Å²) in [4.78, 5) is 2.44. The molecular weight excluding hydrogens is 391 g/mol. The number of nitrogens with zero attached hydrogens (tertiary/aromatic N) is 1. The minimum Gasteiger partial charge on any atom is -0.503 e. The Morgan fingerprint density at radius 3 is 2.59 bits per heavy atom. The second kappa shape index (κ2) is 10.3. The van der Waals surface area contributed by atoms with Gasteiger partial charge in [-0.25, -0.2) is 0 Å².